The van der Waals surface area contributed by atoms with Crippen LogP contribution in [0.2, 0.25) is 0 Å². The summed E-state index contributed by atoms with van der Waals surface area (Å²) >= 11 is 0. The van der Waals surface area contributed by atoms with Gasteiger partial charge in [0.15, 0.2) is 0 Å². The van der Waals surface area contributed by atoms with Crippen molar-refractivity contribution in [3.05, 3.63) is 35.1 Å². The number of aryl methyl sites for hydroxylation is 1. The van der Waals surface area contributed by atoms with E-state index >= 15 is 0 Å². The van der Waals surface area contributed by atoms with Crippen LogP contribution in [-0.2, 0) is 0 Å². The van der Waals surface area contributed by atoms with Gasteiger partial charge in [0.2, 0.25) is 0 Å². The van der Waals surface area contributed by atoms with Crippen LogP contribution in [0, 0.1) is 18.2 Å². The van der Waals surface area contributed by atoms with E-state index in [0.29, 0.717) is 0 Å². The highest BCUT2D eigenvalue weighted by Gasteiger charge is 2.36. The van der Waals surface area contributed by atoms with E-state index in [4.69, 9.17) is 0 Å². The molecule has 1 saturated carbocycles. The molecule has 16 heavy (non-hydrogen) atoms. The maximum absolute atomic E-state index is 13.3. The summed E-state index contributed by atoms with van der Waals surface area (Å²) < 4.78 is 13.3. The number of halogens is 1. The number of aliphatic hydroxyl groups excluding tert-OH is 1. The Morgan fingerprint density at radius 1 is 1.25 bits per heavy atom. The summed E-state index contributed by atoms with van der Waals surface area (Å²) in [6, 6.07) is 4.84. The molecule has 1 aromatic rings. The molecule has 0 amide bonds. The van der Waals surface area contributed by atoms with Crippen LogP contribution in [0.5, 0.6) is 0 Å². The summed E-state index contributed by atoms with van der Waals surface area (Å²) in [6.07, 6.45) is 3.86. The predicted molar refractivity (Wildman–Crippen MR) is 62.7 cm³/mol. The molecule has 2 rings (SSSR count). The molecule has 1 aliphatic carbocycles. The van der Waals surface area contributed by atoms with Crippen molar-refractivity contribution >= 4 is 0 Å². The SMILES string of the molecule is Cc1cc(F)cc(C(O)C2(C)CCCC2)c1. The van der Waals surface area contributed by atoms with Gasteiger partial charge < -0.3 is 5.11 Å². The number of rotatable bonds is 2. The Kier molecular flexibility index (Phi) is 3.02. The highest BCUT2D eigenvalue weighted by Crippen LogP contribution is 2.47. The molecule has 2 heteroatoms. The molecule has 1 aliphatic rings. The third kappa shape index (κ3) is 2.12. The lowest BCUT2D eigenvalue weighted by molar-refractivity contribution is 0.0405. The zero-order valence-electron chi connectivity index (χ0n) is 9.96. The lowest BCUT2D eigenvalue weighted by Crippen LogP contribution is -2.22. The summed E-state index contributed by atoms with van der Waals surface area (Å²) in [5, 5.41) is 10.4. The van der Waals surface area contributed by atoms with Gasteiger partial charge >= 0.3 is 0 Å². The van der Waals surface area contributed by atoms with Gasteiger partial charge in [-0.25, -0.2) is 4.39 Å². The van der Waals surface area contributed by atoms with E-state index in [0.717, 1.165) is 24.0 Å². The summed E-state index contributed by atoms with van der Waals surface area (Å²) in [4.78, 5) is 0. The Balaban J connectivity index is 2.29. The average molecular weight is 222 g/mol. The molecular formula is C14H19FO. The fourth-order valence-electron chi connectivity index (χ4n) is 2.78. The fourth-order valence-corrected chi connectivity index (χ4v) is 2.78. The molecule has 0 heterocycles. The van der Waals surface area contributed by atoms with E-state index in [9.17, 15) is 9.50 Å². The van der Waals surface area contributed by atoms with Crippen molar-refractivity contribution < 1.29 is 9.50 Å². The number of benzene rings is 1. The van der Waals surface area contributed by atoms with Crippen LogP contribution in [0.25, 0.3) is 0 Å². The Hall–Kier alpha value is -0.890. The zero-order valence-corrected chi connectivity index (χ0v) is 9.96. The minimum atomic E-state index is -0.538. The summed E-state index contributed by atoms with van der Waals surface area (Å²) in [6.45, 7) is 3.96. The van der Waals surface area contributed by atoms with Crippen LogP contribution in [0.15, 0.2) is 18.2 Å². The smallest absolute Gasteiger partial charge is 0.123 e. The van der Waals surface area contributed by atoms with Gasteiger partial charge in [-0.3, -0.25) is 0 Å². The average Bonchev–Trinajstić information content (AvgIpc) is 2.64. The van der Waals surface area contributed by atoms with Gasteiger partial charge in [0.1, 0.15) is 5.82 Å². The van der Waals surface area contributed by atoms with Gasteiger partial charge in [-0.2, -0.15) is 0 Å². The van der Waals surface area contributed by atoms with Gasteiger partial charge in [0, 0.05) is 0 Å². The Morgan fingerprint density at radius 3 is 2.44 bits per heavy atom. The van der Waals surface area contributed by atoms with Crippen molar-refractivity contribution in [3.8, 4) is 0 Å². The highest BCUT2D eigenvalue weighted by atomic mass is 19.1. The maximum Gasteiger partial charge on any atom is 0.123 e. The van der Waals surface area contributed by atoms with E-state index in [1.54, 1.807) is 0 Å². The largest absolute Gasteiger partial charge is 0.388 e. The van der Waals surface area contributed by atoms with Crippen molar-refractivity contribution in [2.75, 3.05) is 0 Å². The monoisotopic (exact) mass is 222 g/mol. The molecule has 1 N–H and O–H groups in total. The first-order valence-electron chi connectivity index (χ1n) is 5.96. The first-order chi connectivity index (χ1) is 7.51. The number of aliphatic hydroxyl groups is 1. The number of hydrogen-bond donors (Lipinski definition) is 1. The van der Waals surface area contributed by atoms with E-state index < -0.39 is 6.10 Å². The molecule has 0 aromatic heterocycles. The van der Waals surface area contributed by atoms with Crippen LogP contribution in [0.3, 0.4) is 0 Å². The molecule has 1 atom stereocenters. The number of hydrogen-bond acceptors (Lipinski definition) is 1. The summed E-state index contributed by atoms with van der Waals surface area (Å²) in [7, 11) is 0. The van der Waals surface area contributed by atoms with Crippen LogP contribution < -0.4 is 0 Å². The quantitative estimate of drug-likeness (QED) is 0.808. The van der Waals surface area contributed by atoms with Gasteiger partial charge in [0.25, 0.3) is 0 Å². The van der Waals surface area contributed by atoms with Crippen molar-refractivity contribution in [1.29, 1.82) is 0 Å². The van der Waals surface area contributed by atoms with Crippen molar-refractivity contribution in [1.82, 2.24) is 0 Å². The van der Waals surface area contributed by atoms with Crippen LogP contribution in [0.1, 0.15) is 49.8 Å². The van der Waals surface area contributed by atoms with Gasteiger partial charge in [-0.05, 0) is 48.4 Å². The van der Waals surface area contributed by atoms with Crippen molar-refractivity contribution in [2.45, 2.75) is 45.6 Å². The molecule has 0 spiro atoms. The topological polar surface area (TPSA) is 20.2 Å². The Morgan fingerprint density at radius 2 is 1.88 bits per heavy atom. The van der Waals surface area contributed by atoms with Gasteiger partial charge in [-0.15, -0.1) is 0 Å². The minimum absolute atomic E-state index is 0.0692. The molecule has 88 valence electrons. The van der Waals surface area contributed by atoms with E-state index in [2.05, 4.69) is 6.92 Å². The second-order valence-corrected chi connectivity index (χ2v) is 5.33. The summed E-state index contributed by atoms with van der Waals surface area (Å²) in [5.74, 6) is -0.254. The third-order valence-electron chi connectivity index (χ3n) is 3.79. The first kappa shape index (κ1) is 11.6. The maximum atomic E-state index is 13.3. The van der Waals surface area contributed by atoms with Gasteiger partial charge in [0.05, 0.1) is 6.10 Å². The van der Waals surface area contributed by atoms with Crippen LogP contribution >= 0.6 is 0 Å². The predicted octanol–water partition coefficient (Wildman–Crippen LogP) is 3.75. The lowest BCUT2D eigenvalue weighted by atomic mass is 9.79. The Bertz CT molecular complexity index is 360. The van der Waals surface area contributed by atoms with E-state index in [-0.39, 0.29) is 11.2 Å². The van der Waals surface area contributed by atoms with E-state index in [1.807, 2.05) is 13.0 Å². The van der Waals surface area contributed by atoms with Crippen molar-refractivity contribution in [2.24, 2.45) is 5.41 Å². The molecule has 1 aromatic carbocycles. The van der Waals surface area contributed by atoms with Crippen LogP contribution in [-0.4, -0.2) is 5.11 Å². The van der Waals surface area contributed by atoms with Crippen molar-refractivity contribution in [3.63, 3.8) is 0 Å². The highest BCUT2D eigenvalue weighted by molar-refractivity contribution is 5.26. The Labute approximate surface area is 96.3 Å². The normalized spacial score (nSPS) is 21.0. The molecule has 0 radical (unpaired) electrons. The third-order valence-corrected chi connectivity index (χ3v) is 3.79. The second kappa shape index (κ2) is 4.17. The fraction of sp³-hybridized carbons (Fsp3) is 0.571. The molecule has 0 aliphatic heterocycles. The second-order valence-electron chi connectivity index (χ2n) is 5.33. The molecule has 0 bridgehead atoms. The molecule has 1 unspecified atom stereocenters. The first-order valence-corrected chi connectivity index (χ1v) is 5.96. The van der Waals surface area contributed by atoms with Gasteiger partial charge in [-0.1, -0.05) is 25.8 Å². The van der Waals surface area contributed by atoms with Crippen LogP contribution in [0.4, 0.5) is 4.39 Å². The molecule has 1 fully saturated rings. The standard InChI is InChI=1S/C14H19FO/c1-10-7-11(9-12(15)8-10)13(16)14(2)5-3-4-6-14/h7-9,13,16H,3-6H2,1-2H3. The summed E-state index contributed by atoms with van der Waals surface area (Å²) in [5.41, 5.74) is 1.53. The molecule has 0 saturated heterocycles. The minimum Gasteiger partial charge on any atom is -0.388 e. The van der Waals surface area contributed by atoms with E-state index in [1.165, 1.54) is 25.0 Å². The lowest BCUT2D eigenvalue weighted by Gasteiger charge is -2.30. The molecule has 1 nitrogen and oxygen atoms in total. The molecular weight excluding hydrogens is 203 g/mol. The zero-order chi connectivity index (χ0) is 11.8.